The van der Waals surface area contributed by atoms with Gasteiger partial charge in [-0.25, -0.2) is 0 Å². The summed E-state index contributed by atoms with van der Waals surface area (Å²) >= 11 is 0. The Morgan fingerprint density at radius 2 is 1.50 bits per heavy atom. The fourth-order valence-corrected chi connectivity index (χ4v) is 2.80. The zero-order valence-electron chi connectivity index (χ0n) is 16.0. The predicted octanol–water partition coefficient (Wildman–Crippen LogP) is 4.32. The minimum Gasteiger partial charge on any atom is -0.367 e. The number of hydrogen-bond acceptors (Lipinski definition) is 2. The second-order valence-corrected chi connectivity index (χ2v) is 6.99. The van der Waals surface area contributed by atoms with Gasteiger partial charge in [0.2, 0.25) is 5.91 Å². The van der Waals surface area contributed by atoms with Crippen LogP contribution in [-0.2, 0) is 17.6 Å². The Kier molecular flexibility index (Phi) is 7.46. The molecule has 3 heteroatoms. The smallest absolute Gasteiger partial charge is 0.244 e. The van der Waals surface area contributed by atoms with E-state index in [0.29, 0.717) is 12.1 Å². The van der Waals surface area contributed by atoms with Crippen LogP contribution < -0.4 is 10.6 Å². The number of carbonyl (C=O) groups excluding carboxylic acids is 1. The second-order valence-electron chi connectivity index (χ2n) is 6.99. The summed E-state index contributed by atoms with van der Waals surface area (Å²) in [6, 6.07) is 19.3. The third-order valence-electron chi connectivity index (χ3n) is 4.36. The maximum absolute atomic E-state index is 11.2. The Labute approximate surface area is 157 Å². The minimum absolute atomic E-state index is 0.363. The molecule has 2 rings (SSSR count). The highest BCUT2D eigenvalue weighted by molar-refractivity contribution is 5.91. The quantitative estimate of drug-likeness (QED) is 0.685. The van der Waals surface area contributed by atoms with Crippen molar-refractivity contribution in [3.63, 3.8) is 0 Å². The van der Waals surface area contributed by atoms with Gasteiger partial charge in [0.05, 0.1) is 0 Å². The number of rotatable bonds is 9. The zero-order valence-corrected chi connectivity index (χ0v) is 16.0. The first-order valence-electron chi connectivity index (χ1n) is 9.09. The van der Waals surface area contributed by atoms with Crippen LogP contribution in [0.25, 0.3) is 0 Å². The van der Waals surface area contributed by atoms with Crippen molar-refractivity contribution in [2.75, 3.05) is 18.0 Å². The number of aryl methyl sites for hydroxylation is 2. The Hall–Kier alpha value is -2.55. The van der Waals surface area contributed by atoms with Crippen molar-refractivity contribution in [3.8, 4) is 0 Å². The van der Waals surface area contributed by atoms with Gasteiger partial charge in [-0.1, -0.05) is 62.4 Å². The van der Waals surface area contributed by atoms with Gasteiger partial charge in [0.25, 0.3) is 0 Å². The van der Waals surface area contributed by atoms with Crippen LogP contribution in [0.3, 0.4) is 0 Å². The normalized spacial score (nSPS) is 11.6. The van der Waals surface area contributed by atoms with Crippen LogP contribution in [0, 0.1) is 5.92 Å². The molecule has 0 aliphatic carbocycles. The molecule has 1 radical (unpaired) electrons. The molecule has 3 nitrogen and oxygen atoms in total. The average molecular weight is 349 g/mol. The summed E-state index contributed by atoms with van der Waals surface area (Å²) in [4.78, 5) is 13.5. The molecule has 1 amide bonds. The topological polar surface area (TPSA) is 46.3 Å². The molecule has 2 aromatic rings. The van der Waals surface area contributed by atoms with Gasteiger partial charge in [0.1, 0.15) is 0 Å². The summed E-state index contributed by atoms with van der Waals surface area (Å²) in [5.74, 6) is 0.960. The largest absolute Gasteiger partial charge is 0.367 e. The predicted molar refractivity (Wildman–Crippen MR) is 110 cm³/mol. The molecule has 0 aliphatic rings. The molecule has 0 fully saturated rings. The highest BCUT2D eigenvalue weighted by Crippen LogP contribution is 2.19. The summed E-state index contributed by atoms with van der Waals surface area (Å²) in [6.07, 6.45) is 3.98. The maximum Gasteiger partial charge on any atom is 0.244 e. The monoisotopic (exact) mass is 349 g/mol. The molecular formula is C23H29N2O. The Bertz CT molecular complexity index is 718. The van der Waals surface area contributed by atoms with Crippen LogP contribution in [0.15, 0.2) is 66.2 Å². The molecular weight excluding hydrogens is 320 g/mol. The van der Waals surface area contributed by atoms with Gasteiger partial charge >= 0.3 is 0 Å². The van der Waals surface area contributed by atoms with Crippen LogP contribution in [0.2, 0.25) is 0 Å². The SMILES string of the molecule is C[C](C)CN(CC=C(C)C(N)=O)c1ccc(CCc2ccccc2)cc1. The first-order chi connectivity index (χ1) is 12.5. The molecule has 137 valence electrons. The van der Waals surface area contributed by atoms with Crippen LogP contribution in [0.1, 0.15) is 31.9 Å². The van der Waals surface area contributed by atoms with Gasteiger partial charge in [-0.15, -0.1) is 0 Å². The Morgan fingerprint density at radius 1 is 0.923 bits per heavy atom. The number of primary amides is 1. The lowest BCUT2D eigenvalue weighted by molar-refractivity contribution is -0.114. The van der Waals surface area contributed by atoms with Crippen LogP contribution >= 0.6 is 0 Å². The van der Waals surface area contributed by atoms with Gasteiger partial charge in [-0.2, -0.15) is 0 Å². The second kappa shape index (κ2) is 9.81. The highest BCUT2D eigenvalue weighted by Gasteiger charge is 2.09. The van der Waals surface area contributed by atoms with E-state index in [-0.39, 0.29) is 5.91 Å². The number of benzene rings is 2. The standard InChI is InChI=1S/C23H29N2O/c1-18(2)17-25(16-15-19(3)23(24)26)22-13-11-21(12-14-22)10-9-20-7-5-4-6-8-20/h4-8,11-15H,9-10,16-17H2,1-3H3,(H2,24,26). The number of hydrogen-bond donors (Lipinski definition) is 1. The first-order valence-corrected chi connectivity index (χ1v) is 9.09. The molecule has 0 aromatic heterocycles. The lowest BCUT2D eigenvalue weighted by Gasteiger charge is -2.25. The van der Waals surface area contributed by atoms with Crippen molar-refractivity contribution < 1.29 is 4.79 Å². The molecule has 0 atom stereocenters. The molecule has 2 N–H and O–H groups in total. The third-order valence-corrected chi connectivity index (χ3v) is 4.36. The van der Waals surface area contributed by atoms with E-state index < -0.39 is 0 Å². The van der Waals surface area contributed by atoms with Crippen LogP contribution in [-0.4, -0.2) is 19.0 Å². The van der Waals surface area contributed by atoms with Gasteiger partial charge in [-0.3, -0.25) is 4.79 Å². The number of amides is 1. The van der Waals surface area contributed by atoms with E-state index in [1.807, 2.05) is 12.1 Å². The fraction of sp³-hybridized carbons (Fsp3) is 0.304. The van der Waals surface area contributed by atoms with E-state index in [2.05, 4.69) is 67.3 Å². The molecule has 2 aromatic carbocycles. The van der Waals surface area contributed by atoms with E-state index in [4.69, 9.17) is 5.73 Å². The van der Waals surface area contributed by atoms with E-state index in [1.54, 1.807) is 6.92 Å². The lowest BCUT2D eigenvalue weighted by Crippen LogP contribution is -2.27. The van der Waals surface area contributed by atoms with Crippen molar-refractivity contribution in [1.29, 1.82) is 0 Å². The number of anilines is 1. The van der Waals surface area contributed by atoms with Crippen LogP contribution in [0.5, 0.6) is 0 Å². The van der Waals surface area contributed by atoms with Gasteiger partial charge in [0, 0.05) is 24.4 Å². The zero-order chi connectivity index (χ0) is 18.9. The first kappa shape index (κ1) is 19.8. The summed E-state index contributed by atoms with van der Waals surface area (Å²) in [5.41, 5.74) is 9.78. The Balaban J connectivity index is 2.03. The highest BCUT2D eigenvalue weighted by atomic mass is 16.1. The lowest BCUT2D eigenvalue weighted by atomic mass is 10.0. The molecule has 0 saturated heterocycles. The summed E-state index contributed by atoms with van der Waals surface area (Å²) < 4.78 is 0. The van der Waals surface area contributed by atoms with E-state index in [1.165, 1.54) is 17.0 Å². The van der Waals surface area contributed by atoms with Crippen LogP contribution in [0.4, 0.5) is 5.69 Å². The van der Waals surface area contributed by atoms with Crippen molar-refractivity contribution in [3.05, 3.63) is 83.3 Å². The molecule has 0 unspecified atom stereocenters. The molecule has 0 bridgehead atoms. The average Bonchev–Trinajstić information content (AvgIpc) is 2.64. The summed E-state index contributed by atoms with van der Waals surface area (Å²) in [7, 11) is 0. The number of carbonyl (C=O) groups is 1. The van der Waals surface area contributed by atoms with Gasteiger partial charge in [0.15, 0.2) is 0 Å². The van der Waals surface area contributed by atoms with Gasteiger partial charge < -0.3 is 10.6 Å². The molecule has 26 heavy (non-hydrogen) atoms. The van der Waals surface area contributed by atoms with Gasteiger partial charge in [-0.05, 0) is 48.9 Å². The molecule has 0 heterocycles. The van der Waals surface area contributed by atoms with E-state index in [9.17, 15) is 4.79 Å². The van der Waals surface area contributed by atoms with Crippen molar-refractivity contribution in [2.24, 2.45) is 5.73 Å². The summed E-state index contributed by atoms with van der Waals surface area (Å²) in [5, 5.41) is 0. The van der Waals surface area contributed by atoms with E-state index in [0.717, 1.165) is 25.1 Å². The van der Waals surface area contributed by atoms with E-state index >= 15 is 0 Å². The molecule has 0 saturated carbocycles. The molecule has 0 aliphatic heterocycles. The minimum atomic E-state index is -0.363. The summed E-state index contributed by atoms with van der Waals surface area (Å²) in [6.45, 7) is 7.52. The number of nitrogens with zero attached hydrogens (tertiary/aromatic N) is 1. The number of nitrogens with two attached hydrogens (primary N) is 1. The third kappa shape index (κ3) is 6.40. The maximum atomic E-state index is 11.2. The van der Waals surface area contributed by atoms with Crippen molar-refractivity contribution >= 4 is 11.6 Å². The Morgan fingerprint density at radius 3 is 2.04 bits per heavy atom. The molecule has 0 spiro atoms. The fourth-order valence-electron chi connectivity index (χ4n) is 2.80. The van der Waals surface area contributed by atoms with Crippen molar-refractivity contribution in [2.45, 2.75) is 33.6 Å². The van der Waals surface area contributed by atoms with Crippen molar-refractivity contribution in [1.82, 2.24) is 0 Å².